The lowest BCUT2D eigenvalue weighted by atomic mass is 9.93. The normalized spacial score (nSPS) is 20.6. The van der Waals surface area contributed by atoms with Gasteiger partial charge in [-0.15, -0.1) is 0 Å². The summed E-state index contributed by atoms with van der Waals surface area (Å²) < 4.78 is 37.6. The van der Waals surface area contributed by atoms with Crippen LogP contribution in [0.1, 0.15) is 16.8 Å². The van der Waals surface area contributed by atoms with Crippen molar-refractivity contribution in [3.8, 4) is 11.5 Å². The summed E-state index contributed by atoms with van der Waals surface area (Å²) in [5.74, 6) is -4.02. The Bertz CT molecular complexity index is 528. The van der Waals surface area contributed by atoms with Crippen molar-refractivity contribution in [2.24, 2.45) is 5.92 Å². The highest BCUT2D eigenvalue weighted by atomic mass is 19.3. The van der Waals surface area contributed by atoms with E-state index in [0.717, 1.165) is 0 Å². The molecule has 1 unspecified atom stereocenters. The smallest absolute Gasteiger partial charge is 0.261 e. The van der Waals surface area contributed by atoms with Gasteiger partial charge in [0.1, 0.15) is 17.1 Å². The van der Waals surface area contributed by atoms with Crippen LogP contribution in [0.15, 0.2) is 18.2 Å². The first-order valence-electron chi connectivity index (χ1n) is 6.93. The van der Waals surface area contributed by atoms with Crippen LogP contribution in [0.25, 0.3) is 0 Å². The first-order chi connectivity index (χ1) is 10.4. The van der Waals surface area contributed by atoms with Crippen LogP contribution in [0, 0.1) is 5.92 Å². The van der Waals surface area contributed by atoms with E-state index in [1.807, 2.05) is 0 Å². The highest BCUT2D eigenvalue weighted by Gasteiger charge is 2.45. The lowest BCUT2D eigenvalue weighted by molar-refractivity contribution is -0.113. The molecule has 1 aromatic rings. The number of alkyl halides is 2. The largest absolute Gasteiger partial charge is 0.496 e. The number of ether oxygens (including phenoxy) is 2. The number of hydrogen-bond acceptors (Lipinski definition) is 4. The lowest BCUT2D eigenvalue weighted by Crippen LogP contribution is -2.50. The quantitative estimate of drug-likeness (QED) is 0.920. The molecule has 1 aliphatic heterocycles. The Morgan fingerprint density at radius 1 is 1.36 bits per heavy atom. The summed E-state index contributed by atoms with van der Waals surface area (Å²) in [5.41, 5.74) is 0.203. The number of rotatable bonds is 4. The molecule has 1 amide bonds. The van der Waals surface area contributed by atoms with Crippen molar-refractivity contribution in [2.45, 2.75) is 12.3 Å². The van der Waals surface area contributed by atoms with Crippen molar-refractivity contribution in [1.29, 1.82) is 0 Å². The van der Waals surface area contributed by atoms with E-state index in [1.54, 1.807) is 18.2 Å². The summed E-state index contributed by atoms with van der Waals surface area (Å²) in [4.78, 5) is 14.0. The molecule has 1 atom stereocenters. The van der Waals surface area contributed by atoms with Gasteiger partial charge < -0.3 is 19.5 Å². The number of aliphatic hydroxyl groups excluding tert-OH is 1. The number of carbonyl (C=O) groups is 1. The van der Waals surface area contributed by atoms with Gasteiger partial charge in [0.25, 0.3) is 11.8 Å². The Kier molecular flexibility index (Phi) is 4.85. The molecular weight excluding hydrogens is 296 g/mol. The van der Waals surface area contributed by atoms with E-state index >= 15 is 0 Å². The number of aliphatic hydroxyl groups is 1. The average molecular weight is 315 g/mol. The lowest BCUT2D eigenvalue weighted by Gasteiger charge is -2.37. The number of likely N-dealkylation sites (tertiary alicyclic amines) is 1. The number of piperidine rings is 1. The third-order valence-corrected chi connectivity index (χ3v) is 3.90. The first kappa shape index (κ1) is 16.5. The van der Waals surface area contributed by atoms with Gasteiger partial charge in [-0.25, -0.2) is 8.78 Å². The second-order valence-corrected chi connectivity index (χ2v) is 5.18. The topological polar surface area (TPSA) is 59.0 Å². The first-order valence-corrected chi connectivity index (χ1v) is 6.93. The maximum atomic E-state index is 13.7. The Morgan fingerprint density at radius 3 is 2.45 bits per heavy atom. The van der Waals surface area contributed by atoms with Gasteiger partial charge in [0.15, 0.2) is 0 Å². The monoisotopic (exact) mass is 315 g/mol. The summed E-state index contributed by atoms with van der Waals surface area (Å²) in [6.45, 7) is -0.951. The molecule has 2 rings (SSSR count). The average Bonchev–Trinajstić information content (AvgIpc) is 2.53. The highest BCUT2D eigenvalue weighted by Crippen LogP contribution is 2.36. The molecule has 0 bridgehead atoms. The Morgan fingerprint density at radius 2 is 1.95 bits per heavy atom. The van der Waals surface area contributed by atoms with E-state index in [2.05, 4.69) is 0 Å². The van der Waals surface area contributed by atoms with Crippen molar-refractivity contribution in [2.75, 3.05) is 33.9 Å². The zero-order chi connectivity index (χ0) is 16.3. The predicted molar refractivity (Wildman–Crippen MR) is 75.6 cm³/mol. The molecule has 1 fully saturated rings. The molecule has 0 spiro atoms. The Labute approximate surface area is 127 Å². The summed E-state index contributed by atoms with van der Waals surface area (Å²) >= 11 is 0. The van der Waals surface area contributed by atoms with Crippen molar-refractivity contribution >= 4 is 5.91 Å². The van der Waals surface area contributed by atoms with Crippen LogP contribution in [0.5, 0.6) is 11.5 Å². The molecule has 0 aromatic heterocycles. The molecule has 1 aromatic carbocycles. The van der Waals surface area contributed by atoms with E-state index < -0.39 is 30.8 Å². The molecule has 1 heterocycles. The van der Waals surface area contributed by atoms with E-state index in [9.17, 15) is 13.6 Å². The van der Waals surface area contributed by atoms with E-state index in [1.165, 1.54) is 19.1 Å². The SMILES string of the molecule is COc1cccc(OC)c1C(=O)N1CCC(F)(F)C(CO)C1. The van der Waals surface area contributed by atoms with Gasteiger partial charge in [-0.3, -0.25) is 4.79 Å². The van der Waals surface area contributed by atoms with E-state index in [0.29, 0.717) is 11.5 Å². The number of halogens is 2. The Balaban J connectivity index is 2.29. The molecule has 1 saturated heterocycles. The van der Waals surface area contributed by atoms with Gasteiger partial charge in [-0.1, -0.05) is 6.07 Å². The minimum Gasteiger partial charge on any atom is -0.496 e. The standard InChI is InChI=1S/C15H19F2NO4/c1-21-11-4-3-5-12(22-2)13(11)14(20)18-7-6-15(16,17)10(8-18)9-19/h3-5,10,19H,6-9H2,1-2H3. The van der Waals surface area contributed by atoms with Crippen molar-refractivity contribution in [3.05, 3.63) is 23.8 Å². The molecule has 5 nitrogen and oxygen atoms in total. The number of amides is 1. The second kappa shape index (κ2) is 6.48. The van der Waals surface area contributed by atoms with E-state index in [4.69, 9.17) is 14.6 Å². The van der Waals surface area contributed by atoms with Crippen molar-refractivity contribution in [1.82, 2.24) is 4.90 Å². The van der Waals surface area contributed by atoms with Gasteiger partial charge >= 0.3 is 0 Å². The number of hydrogen-bond donors (Lipinski definition) is 1. The molecule has 0 radical (unpaired) electrons. The molecule has 7 heteroatoms. The molecule has 1 aliphatic rings. The molecule has 1 N–H and O–H groups in total. The van der Waals surface area contributed by atoms with Crippen LogP contribution >= 0.6 is 0 Å². The van der Waals surface area contributed by atoms with E-state index in [-0.39, 0.29) is 18.7 Å². The summed E-state index contributed by atoms with van der Waals surface area (Å²) in [7, 11) is 2.85. The van der Waals surface area contributed by atoms with Gasteiger partial charge in [-0.05, 0) is 12.1 Å². The van der Waals surface area contributed by atoms with Crippen LogP contribution in [0.2, 0.25) is 0 Å². The van der Waals surface area contributed by atoms with Gasteiger partial charge in [0.05, 0.1) is 26.7 Å². The van der Waals surface area contributed by atoms with Crippen LogP contribution in [0.4, 0.5) is 8.78 Å². The fraction of sp³-hybridized carbons (Fsp3) is 0.533. The number of nitrogens with zero attached hydrogens (tertiary/aromatic N) is 1. The van der Waals surface area contributed by atoms with Crippen LogP contribution < -0.4 is 9.47 Å². The molecule has 22 heavy (non-hydrogen) atoms. The maximum absolute atomic E-state index is 13.7. The summed E-state index contributed by atoms with van der Waals surface area (Å²) in [6.07, 6.45) is -0.471. The number of benzene rings is 1. The summed E-state index contributed by atoms with van der Waals surface area (Å²) in [5, 5.41) is 9.13. The fourth-order valence-corrected chi connectivity index (χ4v) is 2.57. The fourth-order valence-electron chi connectivity index (χ4n) is 2.57. The van der Waals surface area contributed by atoms with Gasteiger partial charge in [0, 0.05) is 19.5 Å². The van der Waals surface area contributed by atoms with Crippen LogP contribution in [-0.4, -0.2) is 55.8 Å². The minimum atomic E-state index is -2.96. The minimum absolute atomic E-state index is 0.0798. The molecule has 0 aliphatic carbocycles. The number of methoxy groups -OCH3 is 2. The molecule has 0 saturated carbocycles. The maximum Gasteiger partial charge on any atom is 0.261 e. The van der Waals surface area contributed by atoms with Gasteiger partial charge in [-0.2, -0.15) is 0 Å². The van der Waals surface area contributed by atoms with Gasteiger partial charge in [0.2, 0.25) is 0 Å². The summed E-state index contributed by atoms with van der Waals surface area (Å²) in [6, 6.07) is 4.89. The van der Waals surface area contributed by atoms with Crippen molar-refractivity contribution in [3.63, 3.8) is 0 Å². The molecular formula is C15H19F2NO4. The third-order valence-electron chi connectivity index (χ3n) is 3.90. The third kappa shape index (κ3) is 2.99. The molecule has 122 valence electrons. The second-order valence-electron chi connectivity index (χ2n) is 5.18. The highest BCUT2D eigenvalue weighted by molar-refractivity contribution is 5.99. The predicted octanol–water partition coefficient (Wildman–Crippen LogP) is 1.79. The zero-order valence-electron chi connectivity index (χ0n) is 12.5. The van der Waals surface area contributed by atoms with Crippen LogP contribution in [0.3, 0.4) is 0 Å². The number of carbonyl (C=O) groups excluding carboxylic acids is 1. The Hall–Kier alpha value is -1.89. The van der Waals surface area contributed by atoms with Crippen LogP contribution in [-0.2, 0) is 0 Å². The zero-order valence-corrected chi connectivity index (χ0v) is 12.5. The van der Waals surface area contributed by atoms with Crippen molar-refractivity contribution < 1.29 is 28.2 Å².